The SMILES string of the molecule is CCN(Cc1cccc(-c2ccncc2)c1)C(=O)[C@@H]1CC[C@H](C(=O)O)O1. The summed E-state index contributed by atoms with van der Waals surface area (Å²) < 4.78 is 5.40. The van der Waals surface area contributed by atoms with Gasteiger partial charge in [-0.05, 0) is 54.7 Å². The molecule has 3 rings (SSSR count). The zero-order chi connectivity index (χ0) is 18.5. The van der Waals surface area contributed by atoms with Crippen LogP contribution in [0.3, 0.4) is 0 Å². The predicted molar refractivity (Wildman–Crippen MR) is 96.3 cm³/mol. The number of rotatable bonds is 6. The number of carbonyl (C=O) groups excluding carboxylic acids is 1. The lowest BCUT2D eigenvalue weighted by Gasteiger charge is -2.24. The van der Waals surface area contributed by atoms with Gasteiger partial charge < -0.3 is 14.7 Å². The number of ether oxygens (including phenoxy) is 1. The van der Waals surface area contributed by atoms with E-state index < -0.39 is 18.2 Å². The van der Waals surface area contributed by atoms with Crippen LogP contribution in [0.25, 0.3) is 11.1 Å². The molecular weight excluding hydrogens is 332 g/mol. The van der Waals surface area contributed by atoms with Crippen molar-refractivity contribution in [2.45, 2.75) is 38.5 Å². The van der Waals surface area contributed by atoms with E-state index in [2.05, 4.69) is 11.1 Å². The maximum Gasteiger partial charge on any atom is 0.332 e. The molecule has 26 heavy (non-hydrogen) atoms. The molecule has 0 unspecified atom stereocenters. The molecule has 0 bridgehead atoms. The van der Waals surface area contributed by atoms with Crippen LogP contribution >= 0.6 is 0 Å². The highest BCUT2D eigenvalue weighted by atomic mass is 16.5. The standard InChI is InChI=1S/C20H22N2O4/c1-2-22(19(23)17-6-7-18(26-17)20(24)25)13-14-4-3-5-16(12-14)15-8-10-21-11-9-15/h3-5,8-12,17-18H,2,6-7,13H2,1H3,(H,24,25)/t17-,18+/m0/s1. The summed E-state index contributed by atoms with van der Waals surface area (Å²) in [6.07, 6.45) is 2.78. The van der Waals surface area contributed by atoms with E-state index in [1.807, 2.05) is 37.3 Å². The Morgan fingerprint density at radius 1 is 1.15 bits per heavy atom. The number of pyridine rings is 1. The molecule has 1 aromatic heterocycles. The van der Waals surface area contributed by atoms with E-state index in [1.54, 1.807) is 17.3 Å². The summed E-state index contributed by atoms with van der Waals surface area (Å²) in [5.74, 6) is -1.15. The van der Waals surface area contributed by atoms with Gasteiger partial charge in [0.2, 0.25) is 0 Å². The fourth-order valence-corrected chi connectivity index (χ4v) is 3.16. The predicted octanol–water partition coefficient (Wildman–Crippen LogP) is 2.73. The van der Waals surface area contributed by atoms with Gasteiger partial charge in [-0.15, -0.1) is 0 Å². The van der Waals surface area contributed by atoms with Crippen molar-refractivity contribution in [2.24, 2.45) is 0 Å². The first-order valence-electron chi connectivity index (χ1n) is 8.75. The van der Waals surface area contributed by atoms with Gasteiger partial charge in [-0.2, -0.15) is 0 Å². The zero-order valence-corrected chi connectivity index (χ0v) is 14.7. The average molecular weight is 354 g/mol. The van der Waals surface area contributed by atoms with Crippen LogP contribution in [0.15, 0.2) is 48.8 Å². The molecular formula is C20H22N2O4. The number of aliphatic carboxylic acids is 1. The Hall–Kier alpha value is -2.73. The summed E-state index contributed by atoms with van der Waals surface area (Å²) >= 11 is 0. The number of carboxylic acid groups (broad SMARTS) is 1. The lowest BCUT2D eigenvalue weighted by atomic mass is 10.0. The minimum Gasteiger partial charge on any atom is -0.479 e. The molecule has 1 amide bonds. The molecule has 6 heteroatoms. The fraction of sp³-hybridized carbons (Fsp3) is 0.350. The fourth-order valence-electron chi connectivity index (χ4n) is 3.16. The third-order valence-electron chi connectivity index (χ3n) is 4.58. The summed E-state index contributed by atoms with van der Waals surface area (Å²) in [6, 6.07) is 11.9. The van der Waals surface area contributed by atoms with E-state index in [-0.39, 0.29) is 5.91 Å². The van der Waals surface area contributed by atoms with Crippen LogP contribution in [-0.2, 0) is 20.9 Å². The number of hydrogen-bond acceptors (Lipinski definition) is 4. The molecule has 0 spiro atoms. The molecule has 0 saturated carbocycles. The van der Waals surface area contributed by atoms with Crippen LogP contribution in [0.2, 0.25) is 0 Å². The van der Waals surface area contributed by atoms with Crippen molar-refractivity contribution in [3.8, 4) is 11.1 Å². The second-order valence-corrected chi connectivity index (χ2v) is 6.32. The first-order valence-corrected chi connectivity index (χ1v) is 8.75. The number of carboxylic acids is 1. The van der Waals surface area contributed by atoms with Crippen molar-refractivity contribution in [1.82, 2.24) is 9.88 Å². The maximum absolute atomic E-state index is 12.7. The van der Waals surface area contributed by atoms with Crippen molar-refractivity contribution in [1.29, 1.82) is 0 Å². The number of likely N-dealkylation sites (N-methyl/N-ethyl adjacent to an activating group) is 1. The number of amides is 1. The number of benzene rings is 1. The van der Waals surface area contributed by atoms with Gasteiger partial charge in [0, 0.05) is 25.5 Å². The van der Waals surface area contributed by atoms with Gasteiger partial charge in [0.1, 0.15) is 6.10 Å². The molecule has 1 fully saturated rings. The lowest BCUT2D eigenvalue weighted by molar-refractivity contribution is -0.155. The first kappa shape index (κ1) is 18.1. The summed E-state index contributed by atoms with van der Waals surface area (Å²) in [7, 11) is 0. The summed E-state index contributed by atoms with van der Waals surface area (Å²) in [4.78, 5) is 29.5. The first-order chi connectivity index (χ1) is 12.6. The monoisotopic (exact) mass is 354 g/mol. The number of carbonyl (C=O) groups is 2. The maximum atomic E-state index is 12.7. The highest BCUT2D eigenvalue weighted by Crippen LogP contribution is 2.24. The Bertz CT molecular complexity index is 778. The van der Waals surface area contributed by atoms with Crippen molar-refractivity contribution < 1.29 is 19.4 Å². The van der Waals surface area contributed by atoms with Crippen LogP contribution in [0, 0.1) is 0 Å². The molecule has 2 aromatic rings. The van der Waals surface area contributed by atoms with Crippen molar-refractivity contribution in [2.75, 3.05) is 6.54 Å². The van der Waals surface area contributed by atoms with E-state index in [4.69, 9.17) is 9.84 Å². The smallest absolute Gasteiger partial charge is 0.332 e. The molecule has 136 valence electrons. The van der Waals surface area contributed by atoms with E-state index in [0.29, 0.717) is 25.9 Å². The minimum atomic E-state index is -1.01. The Morgan fingerprint density at radius 3 is 2.54 bits per heavy atom. The van der Waals surface area contributed by atoms with Crippen molar-refractivity contribution in [3.05, 3.63) is 54.4 Å². The molecule has 1 saturated heterocycles. The highest BCUT2D eigenvalue weighted by Gasteiger charge is 2.36. The zero-order valence-electron chi connectivity index (χ0n) is 14.7. The Balaban J connectivity index is 1.70. The van der Waals surface area contributed by atoms with E-state index >= 15 is 0 Å². The largest absolute Gasteiger partial charge is 0.479 e. The third-order valence-corrected chi connectivity index (χ3v) is 4.58. The van der Waals surface area contributed by atoms with Crippen LogP contribution in [0.4, 0.5) is 0 Å². The molecule has 1 aliphatic rings. The molecule has 2 heterocycles. The Labute approximate surface area is 152 Å². The van der Waals surface area contributed by atoms with Crippen LogP contribution in [-0.4, -0.2) is 45.6 Å². The Kier molecular flexibility index (Phi) is 5.63. The number of nitrogens with zero attached hydrogens (tertiary/aromatic N) is 2. The van der Waals surface area contributed by atoms with E-state index in [1.165, 1.54) is 0 Å². The summed E-state index contributed by atoms with van der Waals surface area (Å²) in [5.41, 5.74) is 3.15. The molecule has 0 aliphatic carbocycles. The molecule has 1 aromatic carbocycles. The Morgan fingerprint density at radius 2 is 1.88 bits per heavy atom. The molecule has 2 atom stereocenters. The van der Waals surface area contributed by atoms with Crippen molar-refractivity contribution >= 4 is 11.9 Å². The number of aromatic nitrogens is 1. The molecule has 1 aliphatic heterocycles. The molecule has 6 nitrogen and oxygen atoms in total. The second-order valence-electron chi connectivity index (χ2n) is 6.32. The quantitative estimate of drug-likeness (QED) is 0.863. The third kappa shape index (κ3) is 4.08. The van der Waals surface area contributed by atoms with Gasteiger partial charge in [0.25, 0.3) is 5.91 Å². The van der Waals surface area contributed by atoms with Gasteiger partial charge in [-0.25, -0.2) is 4.79 Å². The van der Waals surface area contributed by atoms with Crippen LogP contribution < -0.4 is 0 Å². The van der Waals surface area contributed by atoms with Crippen LogP contribution in [0.1, 0.15) is 25.3 Å². The second kappa shape index (κ2) is 8.10. The van der Waals surface area contributed by atoms with Gasteiger partial charge in [-0.3, -0.25) is 9.78 Å². The van der Waals surface area contributed by atoms with Gasteiger partial charge >= 0.3 is 5.97 Å². The lowest BCUT2D eigenvalue weighted by Crippen LogP contribution is -2.39. The average Bonchev–Trinajstić information content (AvgIpc) is 3.17. The van der Waals surface area contributed by atoms with Crippen LogP contribution in [0.5, 0.6) is 0 Å². The minimum absolute atomic E-state index is 0.148. The summed E-state index contributed by atoms with van der Waals surface area (Å²) in [5, 5.41) is 9.03. The van der Waals surface area contributed by atoms with Gasteiger partial charge in [-0.1, -0.05) is 18.2 Å². The van der Waals surface area contributed by atoms with Crippen molar-refractivity contribution in [3.63, 3.8) is 0 Å². The highest BCUT2D eigenvalue weighted by molar-refractivity contribution is 5.82. The molecule has 1 N–H and O–H groups in total. The number of hydrogen-bond donors (Lipinski definition) is 1. The normalized spacial score (nSPS) is 19.3. The van der Waals surface area contributed by atoms with Gasteiger partial charge in [0.15, 0.2) is 6.10 Å². The van der Waals surface area contributed by atoms with E-state index in [0.717, 1.165) is 16.7 Å². The van der Waals surface area contributed by atoms with Gasteiger partial charge in [0.05, 0.1) is 0 Å². The van der Waals surface area contributed by atoms with E-state index in [9.17, 15) is 9.59 Å². The summed E-state index contributed by atoms with van der Waals surface area (Å²) in [6.45, 7) is 2.91. The molecule has 0 radical (unpaired) electrons. The topological polar surface area (TPSA) is 79.7 Å².